The molecule has 8 heteroatoms. The molecule has 2 aliphatic rings. The first-order chi connectivity index (χ1) is 15.2. The van der Waals surface area contributed by atoms with Crippen LogP contribution in [0.15, 0.2) is 30.3 Å². The number of hydrogen-bond donors (Lipinski definition) is 1. The maximum Gasteiger partial charge on any atom is 0.339 e. The first kappa shape index (κ1) is 19.3. The molecule has 3 aromatic rings. The van der Waals surface area contributed by atoms with Crippen LogP contribution < -0.4 is 23.7 Å². The van der Waals surface area contributed by atoms with E-state index in [1.54, 1.807) is 20.3 Å². The second kappa shape index (κ2) is 7.55. The topological polar surface area (TPSA) is 92.7 Å². The van der Waals surface area contributed by atoms with Crippen molar-refractivity contribution < 1.29 is 38.3 Å². The van der Waals surface area contributed by atoms with Gasteiger partial charge in [0.15, 0.2) is 23.0 Å². The Kier molecular flexibility index (Phi) is 4.71. The molecule has 0 saturated carbocycles. The van der Waals surface area contributed by atoms with Crippen molar-refractivity contribution in [2.24, 2.45) is 0 Å². The summed E-state index contributed by atoms with van der Waals surface area (Å²) in [5.41, 5.74) is 2.51. The van der Waals surface area contributed by atoms with Crippen LogP contribution in [0.25, 0.3) is 21.9 Å². The van der Waals surface area contributed by atoms with Crippen molar-refractivity contribution in [3.05, 3.63) is 41.5 Å². The third-order valence-corrected chi connectivity index (χ3v) is 5.41. The fourth-order valence-electron chi connectivity index (χ4n) is 4.07. The number of aliphatic hydroxyl groups is 1. The van der Waals surface area contributed by atoms with Crippen LogP contribution in [-0.2, 0) is 11.3 Å². The maximum absolute atomic E-state index is 12.8. The number of rotatable bonds is 6. The number of aliphatic hydroxyl groups excluding tert-OH is 1. The highest BCUT2D eigenvalue weighted by Gasteiger charge is 2.33. The Hall–Kier alpha value is -3.65. The van der Waals surface area contributed by atoms with Gasteiger partial charge in [0.1, 0.15) is 19.0 Å². The third kappa shape index (κ3) is 2.98. The van der Waals surface area contributed by atoms with Gasteiger partial charge in [-0.3, -0.25) is 0 Å². The minimum atomic E-state index is -0.437. The van der Waals surface area contributed by atoms with Crippen LogP contribution in [0.4, 0.5) is 0 Å². The summed E-state index contributed by atoms with van der Waals surface area (Å²) in [4.78, 5) is 12.8. The summed E-state index contributed by atoms with van der Waals surface area (Å²) in [6.07, 6.45) is 0. The Morgan fingerprint density at radius 2 is 1.68 bits per heavy atom. The number of methoxy groups -OCH3 is 2. The molecule has 3 aromatic carbocycles. The van der Waals surface area contributed by atoms with Crippen molar-refractivity contribution in [3.8, 4) is 39.9 Å². The molecular formula is C23H20O8. The summed E-state index contributed by atoms with van der Waals surface area (Å²) >= 11 is 0. The van der Waals surface area contributed by atoms with Crippen LogP contribution in [0.1, 0.15) is 15.9 Å². The molecule has 160 valence electrons. The van der Waals surface area contributed by atoms with Crippen LogP contribution in [-0.4, -0.2) is 45.3 Å². The lowest BCUT2D eigenvalue weighted by atomic mass is 9.89. The van der Waals surface area contributed by atoms with Crippen LogP contribution >= 0.6 is 0 Å². The van der Waals surface area contributed by atoms with Gasteiger partial charge in [0, 0.05) is 16.5 Å². The lowest BCUT2D eigenvalue weighted by Gasteiger charge is -2.19. The van der Waals surface area contributed by atoms with E-state index >= 15 is 0 Å². The van der Waals surface area contributed by atoms with E-state index in [2.05, 4.69) is 0 Å². The van der Waals surface area contributed by atoms with Gasteiger partial charge in [0.2, 0.25) is 6.79 Å². The zero-order chi connectivity index (χ0) is 21.5. The first-order valence-electron chi connectivity index (χ1n) is 9.71. The SMILES string of the molecule is COc1cc2c(OCCO)c3c(c(-c4ccc5c(c4)OCO5)c2cc1OC)C(=O)OC3. The van der Waals surface area contributed by atoms with E-state index in [9.17, 15) is 9.90 Å². The lowest BCUT2D eigenvalue weighted by Crippen LogP contribution is -2.07. The summed E-state index contributed by atoms with van der Waals surface area (Å²) < 4.78 is 33.2. The number of carbonyl (C=O) groups excluding carboxylic acids is 1. The number of fused-ring (bicyclic) bond motifs is 3. The average Bonchev–Trinajstić information content (AvgIpc) is 3.42. The Balaban J connectivity index is 1.87. The van der Waals surface area contributed by atoms with Crippen LogP contribution in [0.2, 0.25) is 0 Å². The summed E-state index contributed by atoms with van der Waals surface area (Å²) in [5, 5.41) is 10.8. The zero-order valence-electron chi connectivity index (χ0n) is 17.0. The Morgan fingerprint density at radius 3 is 2.42 bits per heavy atom. The van der Waals surface area contributed by atoms with Gasteiger partial charge in [-0.1, -0.05) is 6.07 Å². The number of benzene rings is 3. The van der Waals surface area contributed by atoms with Gasteiger partial charge >= 0.3 is 5.97 Å². The van der Waals surface area contributed by atoms with Gasteiger partial charge in [-0.25, -0.2) is 4.79 Å². The van der Waals surface area contributed by atoms with E-state index in [1.807, 2.05) is 24.3 Å². The van der Waals surface area contributed by atoms with Gasteiger partial charge < -0.3 is 33.5 Å². The molecule has 0 fully saturated rings. The largest absolute Gasteiger partial charge is 0.493 e. The molecule has 31 heavy (non-hydrogen) atoms. The first-order valence-corrected chi connectivity index (χ1v) is 9.71. The molecule has 0 radical (unpaired) electrons. The number of hydrogen-bond acceptors (Lipinski definition) is 8. The van der Waals surface area contributed by atoms with E-state index in [0.717, 1.165) is 16.3 Å². The highest BCUT2D eigenvalue weighted by molar-refractivity contribution is 6.14. The minimum Gasteiger partial charge on any atom is -0.493 e. The van der Waals surface area contributed by atoms with Crippen LogP contribution in [0, 0.1) is 0 Å². The molecule has 2 aliphatic heterocycles. The Labute approximate surface area is 177 Å². The van der Waals surface area contributed by atoms with E-state index in [1.165, 1.54) is 0 Å². The van der Waals surface area contributed by atoms with Crippen molar-refractivity contribution in [1.29, 1.82) is 0 Å². The molecular weight excluding hydrogens is 404 g/mol. The normalized spacial score (nSPS) is 13.8. The second-order valence-electron chi connectivity index (χ2n) is 7.03. The molecule has 0 unspecified atom stereocenters. The van der Waals surface area contributed by atoms with Crippen molar-refractivity contribution in [3.63, 3.8) is 0 Å². The Morgan fingerprint density at radius 1 is 0.935 bits per heavy atom. The fourth-order valence-corrected chi connectivity index (χ4v) is 4.07. The van der Waals surface area contributed by atoms with Gasteiger partial charge in [-0.15, -0.1) is 0 Å². The molecule has 0 aliphatic carbocycles. The highest BCUT2D eigenvalue weighted by Crippen LogP contribution is 2.49. The summed E-state index contributed by atoms with van der Waals surface area (Å²) in [6.45, 7) is 0.144. The lowest BCUT2D eigenvalue weighted by molar-refractivity contribution is 0.0534. The van der Waals surface area contributed by atoms with Gasteiger partial charge in [0.25, 0.3) is 0 Å². The van der Waals surface area contributed by atoms with Crippen molar-refractivity contribution >= 4 is 16.7 Å². The molecule has 2 heterocycles. The minimum absolute atomic E-state index is 0.0768. The molecule has 0 aromatic heterocycles. The number of ether oxygens (including phenoxy) is 6. The van der Waals surface area contributed by atoms with Crippen molar-refractivity contribution in [1.82, 2.24) is 0 Å². The molecule has 1 N–H and O–H groups in total. The summed E-state index contributed by atoms with van der Waals surface area (Å²) in [5.74, 6) is 2.33. The number of esters is 1. The van der Waals surface area contributed by atoms with Gasteiger partial charge in [0.05, 0.1) is 26.4 Å². The molecule has 0 saturated heterocycles. The number of carbonyl (C=O) groups is 1. The van der Waals surface area contributed by atoms with E-state index in [4.69, 9.17) is 28.4 Å². The summed E-state index contributed by atoms with van der Waals surface area (Å²) in [7, 11) is 3.10. The quantitative estimate of drug-likeness (QED) is 0.603. The second-order valence-corrected chi connectivity index (χ2v) is 7.03. The fraction of sp³-hybridized carbons (Fsp3) is 0.261. The van der Waals surface area contributed by atoms with Crippen LogP contribution in [0.3, 0.4) is 0 Å². The monoisotopic (exact) mass is 424 g/mol. The molecule has 0 atom stereocenters. The summed E-state index contributed by atoms with van der Waals surface area (Å²) in [6, 6.07) is 9.15. The maximum atomic E-state index is 12.8. The molecule has 8 nitrogen and oxygen atoms in total. The van der Waals surface area contributed by atoms with E-state index in [0.29, 0.717) is 45.4 Å². The predicted molar refractivity (Wildman–Crippen MR) is 110 cm³/mol. The smallest absolute Gasteiger partial charge is 0.339 e. The van der Waals surface area contributed by atoms with Gasteiger partial charge in [-0.2, -0.15) is 0 Å². The molecule has 0 bridgehead atoms. The highest BCUT2D eigenvalue weighted by atomic mass is 16.7. The number of cyclic esters (lactones) is 1. The Bertz CT molecular complexity index is 1200. The standard InChI is InChI=1S/C23H20O8/c1-26-17-8-13-14(9-18(17)27-2)22(28-6-5-24)15-10-29-23(25)21(15)20(13)12-3-4-16-19(7-12)31-11-30-16/h3-4,7-9,24H,5-6,10-11H2,1-2H3. The molecule has 5 rings (SSSR count). The molecule has 0 amide bonds. The van der Waals surface area contributed by atoms with Crippen molar-refractivity contribution in [2.75, 3.05) is 34.2 Å². The molecule has 0 spiro atoms. The predicted octanol–water partition coefficient (Wildman–Crippen LogP) is 3.29. The van der Waals surface area contributed by atoms with Gasteiger partial charge in [-0.05, 0) is 35.2 Å². The van der Waals surface area contributed by atoms with E-state index < -0.39 is 5.97 Å². The van der Waals surface area contributed by atoms with Crippen molar-refractivity contribution in [2.45, 2.75) is 6.61 Å². The third-order valence-electron chi connectivity index (χ3n) is 5.41. The zero-order valence-corrected chi connectivity index (χ0v) is 17.0. The van der Waals surface area contributed by atoms with E-state index in [-0.39, 0.29) is 26.6 Å². The average molecular weight is 424 g/mol. The van der Waals surface area contributed by atoms with Crippen LogP contribution in [0.5, 0.6) is 28.7 Å².